The molecule has 0 heterocycles. The van der Waals surface area contributed by atoms with Crippen LogP contribution in [0.25, 0.3) is 0 Å². The molecule has 0 fully saturated rings. The van der Waals surface area contributed by atoms with E-state index in [9.17, 15) is 19.4 Å². The number of carbonyl (C=O) groups excluding carboxylic acids is 1. The van der Waals surface area contributed by atoms with Gasteiger partial charge in [0.15, 0.2) is 0 Å². The van der Waals surface area contributed by atoms with Gasteiger partial charge in [0.05, 0.1) is 39.9 Å². The fraction of sp³-hybridized carbons (Fsp3) is 0.578. The van der Waals surface area contributed by atoms with E-state index in [2.05, 4.69) is 116 Å². The van der Waals surface area contributed by atoms with Crippen molar-refractivity contribution in [2.24, 2.45) is 0 Å². The Labute approximate surface area is 330 Å². The number of hydrogen-bond donors (Lipinski definition) is 2. The fourth-order valence-electron chi connectivity index (χ4n) is 4.74. The number of hydrogen-bond acceptors (Lipinski definition) is 6. The lowest BCUT2D eigenvalue weighted by Gasteiger charge is -2.29. The molecule has 3 atom stereocenters. The molecule has 2 N–H and O–H groups in total. The number of aliphatic hydroxyl groups excluding tert-OH is 1. The molecular weight excluding hydrogens is 695 g/mol. The molecule has 8 nitrogen and oxygen atoms in total. The van der Waals surface area contributed by atoms with Crippen molar-refractivity contribution in [3.63, 3.8) is 0 Å². The van der Waals surface area contributed by atoms with E-state index >= 15 is 0 Å². The summed E-state index contributed by atoms with van der Waals surface area (Å²) < 4.78 is 23.0. The zero-order valence-corrected chi connectivity index (χ0v) is 35.3. The Morgan fingerprint density at radius 2 is 1.15 bits per heavy atom. The van der Waals surface area contributed by atoms with E-state index in [1.54, 1.807) is 6.08 Å². The maximum absolute atomic E-state index is 12.7. The van der Waals surface area contributed by atoms with Gasteiger partial charge in [-0.1, -0.05) is 136 Å². The fourth-order valence-corrected chi connectivity index (χ4v) is 5.46. The molecule has 3 unspecified atom stereocenters. The highest BCUT2D eigenvalue weighted by Crippen LogP contribution is 2.38. The van der Waals surface area contributed by atoms with Crippen molar-refractivity contribution < 1.29 is 32.9 Å². The number of likely N-dealkylation sites (N-methyl/N-ethyl adjacent to an activating group) is 1. The molecule has 0 aliphatic rings. The van der Waals surface area contributed by atoms with Crippen molar-refractivity contribution in [3.8, 4) is 0 Å². The van der Waals surface area contributed by atoms with Gasteiger partial charge >= 0.3 is 0 Å². The summed E-state index contributed by atoms with van der Waals surface area (Å²) in [5, 5.41) is 13.6. The minimum Gasteiger partial charge on any atom is -0.756 e. The summed E-state index contributed by atoms with van der Waals surface area (Å²) in [7, 11) is 1.19. The van der Waals surface area contributed by atoms with Gasteiger partial charge < -0.3 is 28.8 Å². The van der Waals surface area contributed by atoms with Crippen LogP contribution in [0.1, 0.15) is 117 Å². The van der Waals surface area contributed by atoms with E-state index in [0.29, 0.717) is 17.4 Å². The summed E-state index contributed by atoms with van der Waals surface area (Å²) in [5.74, 6) is -0.251. The first kappa shape index (κ1) is 51.2. The number of nitrogens with one attached hydrogen (secondary N) is 1. The molecule has 0 spiro atoms. The van der Waals surface area contributed by atoms with Gasteiger partial charge in [-0.05, 0) is 83.5 Å². The Morgan fingerprint density at radius 3 is 1.67 bits per heavy atom. The van der Waals surface area contributed by atoms with E-state index in [4.69, 9.17) is 9.05 Å². The molecule has 0 saturated carbocycles. The summed E-state index contributed by atoms with van der Waals surface area (Å²) in [6.07, 6.45) is 51.7. The van der Waals surface area contributed by atoms with E-state index in [0.717, 1.165) is 89.9 Å². The summed E-state index contributed by atoms with van der Waals surface area (Å²) >= 11 is 0. The van der Waals surface area contributed by atoms with Crippen LogP contribution in [0.3, 0.4) is 0 Å². The molecule has 0 aromatic rings. The van der Waals surface area contributed by atoms with Crippen molar-refractivity contribution in [1.82, 2.24) is 5.32 Å². The third-order valence-corrected chi connectivity index (χ3v) is 8.91. The van der Waals surface area contributed by atoms with Crippen LogP contribution in [0.5, 0.6) is 0 Å². The molecule has 0 saturated heterocycles. The first-order valence-electron chi connectivity index (χ1n) is 20.2. The Bertz CT molecular complexity index is 1240. The predicted molar refractivity (Wildman–Crippen MR) is 228 cm³/mol. The molecule has 0 aliphatic carbocycles. The van der Waals surface area contributed by atoms with Crippen LogP contribution in [-0.4, -0.2) is 68.5 Å². The van der Waals surface area contributed by atoms with Gasteiger partial charge in [-0.15, -0.1) is 0 Å². The number of allylic oxidation sites excluding steroid dienone is 17. The SMILES string of the molecule is CC/C=C\C/C=C\C/C=C\C/C=C\C/C=C\C/C=C\C/C=C\CCCCCC(=O)NC(COP(=O)([O-])OCC[N+](C)(C)C)C(O)/C=C/CC/C=C/CCC. The number of aliphatic hydroxyl groups is 1. The minimum absolute atomic E-state index is 0.0208. The Hall–Kier alpha value is -2.84. The summed E-state index contributed by atoms with van der Waals surface area (Å²) in [4.78, 5) is 25.1. The van der Waals surface area contributed by atoms with Crippen molar-refractivity contribution in [3.05, 3.63) is 109 Å². The molecule has 9 heteroatoms. The molecular formula is C45H75N2O6P. The standard InChI is InChI=1S/C45H75N2O6P/c1-6-8-10-12-14-15-16-17-18-19-20-21-22-23-24-25-26-27-28-29-30-31-33-35-37-39-45(49)46-43(44(48)38-36-34-32-13-11-9-7-2)42-53-54(50,51)52-41-40-47(3,4)5/h8,10-11,13-15,17-18,20-21,23-24,26-27,29-30,36,38,43-44,48H,6-7,9,12,16,19,22,25,28,31-35,37,39-42H2,1-5H3,(H-,46,49,50,51)/b10-8-,13-11+,15-14-,18-17-,21-20-,24-23-,27-26-,30-29-,38-36+. The maximum atomic E-state index is 12.7. The topological polar surface area (TPSA) is 108 Å². The number of unbranched alkanes of at least 4 members (excludes halogenated alkanes) is 5. The maximum Gasteiger partial charge on any atom is 0.268 e. The van der Waals surface area contributed by atoms with Crippen LogP contribution >= 0.6 is 7.82 Å². The lowest BCUT2D eigenvalue weighted by Crippen LogP contribution is -2.45. The van der Waals surface area contributed by atoms with Gasteiger partial charge in [0.2, 0.25) is 5.91 Å². The molecule has 0 bridgehead atoms. The Kier molecular flexibility index (Phi) is 34.0. The van der Waals surface area contributed by atoms with Gasteiger partial charge in [0.25, 0.3) is 7.82 Å². The molecule has 0 aromatic heterocycles. The van der Waals surface area contributed by atoms with Crippen molar-refractivity contribution in [2.75, 3.05) is 40.9 Å². The van der Waals surface area contributed by atoms with Gasteiger partial charge in [-0.2, -0.15) is 0 Å². The van der Waals surface area contributed by atoms with Gasteiger partial charge in [0.1, 0.15) is 13.2 Å². The third kappa shape index (κ3) is 37.5. The molecule has 54 heavy (non-hydrogen) atoms. The molecule has 1 amide bonds. The first-order chi connectivity index (χ1) is 26.0. The average Bonchev–Trinajstić information content (AvgIpc) is 3.12. The Balaban J connectivity index is 4.38. The second-order valence-electron chi connectivity index (χ2n) is 14.2. The number of carbonyl (C=O) groups is 1. The number of rotatable bonds is 34. The lowest BCUT2D eigenvalue weighted by atomic mass is 10.1. The Morgan fingerprint density at radius 1 is 0.667 bits per heavy atom. The number of phosphoric ester groups is 1. The largest absolute Gasteiger partial charge is 0.756 e. The van der Waals surface area contributed by atoms with E-state index < -0.39 is 26.6 Å². The highest BCUT2D eigenvalue weighted by atomic mass is 31.2. The molecule has 0 rings (SSSR count). The zero-order valence-electron chi connectivity index (χ0n) is 34.4. The summed E-state index contributed by atoms with van der Waals surface area (Å²) in [5.41, 5.74) is 0. The smallest absolute Gasteiger partial charge is 0.268 e. The number of phosphoric acid groups is 1. The number of nitrogens with zero attached hydrogens (tertiary/aromatic N) is 1. The second kappa shape index (κ2) is 35.8. The number of amides is 1. The number of quaternary nitrogens is 1. The lowest BCUT2D eigenvalue weighted by molar-refractivity contribution is -0.870. The third-order valence-electron chi connectivity index (χ3n) is 7.95. The highest BCUT2D eigenvalue weighted by molar-refractivity contribution is 7.45. The van der Waals surface area contributed by atoms with E-state index in [1.807, 2.05) is 27.2 Å². The van der Waals surface area contributed by atoms with Crippen LogP contribution in [0.2, 0.25) is 0 Å². The van der Waals surface area contributed by atoms with Crippen LogP contribution in [-0.2, 0) is 18.4 Å². The summed E-state index contributed by atoms with van der Waals surface area (Å²) in [6.45, 7) is 4.32. The van der Waals surface area contributed by atoms with Crippen LogP contribution in [0, 0.1) is 0 Å². The van der Waals surface area contributed by atoms with E-state index in [-0.39, 0.29) is 18.9 Å². The first-order valence-corrected chi connectivity index (χ1v) is 21.7. The zero-order chi connectivity index (χ0) is 40.0. The van der Waals surface area contributed by atoms with Gasteiger partial charge in [0, 0.05) is 6.42 Å². The average molecular weight is 771 g/mol. The highest BCUT2D eigenvalue weighted by Gasteiger charge is 2.23. The predicted octanol–water partition coefficient (Wildman–Crippen LogP) is 10.3. The van der Waals surface area contributed by atoms with E-state index in [1.165, 1.54) is 0 Å². The quantitative estimate of drug-likeness (QED) is 0.0292. The monoisotopic (exact) mass is 771 g/mol. The van der Waals surface area contributed by atoms with Crippen LogP contribution in [0.4, 0.5) is 0 Å². The van der Waals surface area contributed by atoms with Crippen LogP contribution < -0.4 is 10.2 Å². The molecule has 306 valence electrons. The van der Waals surface area contributed by atoms with Gasteiger partial charge in [-0.25, -0.2) is 0 Å². The molecule has 0 aliphatic heterocycles. The summed E-state index contributed by atoms with van der Waals surface area (Å²) in [6, 6.07) is -0.925. The van der Waals surface area contributed by atoms with Crippen molar-refractivity contribution in [1.29, 1.82) is 0 Å². The normalized spacial score (nSPS) is 15.6. The molecule has 0 aromatic carbocycles. The minimum atomic E-state index is -4.60. The van der Waals surface area contributed by atoms with Crippen LogP contribution in [0.15, 0.2) is 109 Å². The second-order valence-corrected chi connectivity index (χ2v) is 15.7. The van der Waals surface area contributed by atoms with Crippen molar-refractivity contribution in [2.45, 2.75) is 129 Å². The van der Waals surface area contributed by atoms with Gasteiger partial charge in [-0.3, -0.25) is 9.36 Å². The molecule has 0 radical (unpaired) electrons. The van der Waals surface area contributed by atoms with Crippen molar-refractivity contribution >= 4 is 13.7 Å².